The molecule has 1 heterocycles. The predicted octanol–water partition coefficient (Wildman–Crippen LogP) is 2.07. The highest BCUT2D eigenvalue weighted by atomic mass is 16.5. The van der Waals surface area contributed by atoms with Crippen LogP contribution in [0.15, 0.2) is 0 Å². The van der Waals surface area contributed by atoms with Crippen molar-refractivity contribution in [1.29, 1.82) is 0 Å². The second-order valence-electron chi connectivity index (χ2n) is 3.31. The van der Waals surface area contributed by atoms with Crippen LogP contribution in [0.2, 0.25) is 0 Å². The molecular formula is C8H16O. The predicted molar refractivity (Wildman–Crippen MR) is 38.4 cm³/mol. The average molecular weight is 128 g/mol. The largest absolute Gasteiger partial charge is 0.381 e. The zero-order chi connectivity index (χ0) is 6.69. The Balaban J connectivity index is 2.29. The van der Waals surface area contributed by atoms with E-state index in [1.54, 1.807) is 0 Å². The molecule has 0 bridgehead atoms. The first-order valence-corrected chi connectivity index (χ1v) is 3.87. The van der Waals surface area contributed by atoms with Gasteiger partial charge in [0.1, 0.15) is 0 Å². The summed E-state index contributed by atoms with van der Waals surface area (Å²) in [5, 5.41) is 0. The van der Waals surface area contributed by atoms with E-state index in [1.807, 2.05) is 0 Å². The van der Waals surface area contributed by atoms with Gasteiger partial charge in [-0.05, 0) is 24.7 Å². The van der Waals surface area contributed by atoms with E-state index in [0.717, 1.165) is 25.0 Å². The quantitative estimate of drug-likeness (QED) is 0.485. The van der Waals surface area contributed by atoms with E-state index in [-0.39, 0.29) is 0 Å². The molecule has 0 aliphatic carbocycles. The van der Waals surface area contributed by atoms with Crippen LogP contribution in [-0.2, 0) is 4.74 Å². The van der Waals surface area contributed by atoms with Gasteiger partial charge < -0.3 is 4.74 Å². The third-order valence-electron chi connectivity index (χ3n) is 1.96. The maximum Gasteiger partial charge on any atom is 0.0491 e. The van der Waals surface area contributed by atoms with Gasteiger partial charge in [0.05, 0.1) is 0 Å². The van der Waals surface area contributed by atoms with Crippen LogP contribution in [0, 0.1) is 11.8 Å². The zero-order valence-electron chi connectivity index (χ0n) is 6.39. The van der Waals surface area contributed by atoms with Crippen LogP contribution in [0.5, 0.6) is 0 Å². The van der Waals surface area contributed by atoms with E-state index in [9.17, 15) is 0 Å². The fourth-order valence-corrected chi connectivity index (χ4v) is 1.44. The van der Waals surface area contributed by atoms with Gasteiger partial charge in [0, 0.05) is 13.2 Å². The summed E-state index contributed by atoms with van der Waals surface area (Å²) in [5.41, 5.74) is 0. The van der Waals surface area contributed by atoms with E-state index in [1.165, 1.54) is 12.8 Å². The minimum atomic E-state index is 0.780. The number of hydrogen-bond donors (Lipinski definition) is 0. The van der Waals surface area contributed by atoms with Crippen LogP contribution in [0.1, 0.15) is 26.7 Å². The smallest absolute Gasteiger partial charge is 0.0491 e. The maximum atomic E-state index is 5.38. The number of hydrogen-bond acceptors (Lipinski definition) is 1. The Morgan fingerprint density at radius 2 is 2.00 bits per heavy atom. The molecule has 54 valence electrons. The van der Waals surface area contributed by atoms with E-state index in [4.69, 9.17) is 4.74 Å². The van der Waals surface area contributed by atoms with Crippen LogP contribution in [0.4, 0.5) is 0 Å². The highest BCUT2D eigenvalue weighted by Gasteiger charge is 2.12. The second-order valence-corrected chi connectivity index (χ2v) is 3.31. The molecule has 0 aromatic carbocycles. The van der Waals surface area contributed by atoms with Gasteiger partial charge >= 0.3 is 0 Å². The Bertz CT molecular complexity index is 70.6. The highest BCUT2D eigenvalue weighted by Crippen LogP contribution is 2.18. The maximum absolute atomic E-state index is 5.38. The van der Waals surface area contributed by atoms with E-state index < -0.39 is 0 Å². The van der Waals surface area contributed by atoms with Crippen molar-refractivity contribution in [2.24, 2.45) is 11.8 Å². The van der Waals surface area contributed by atoms with Gasteiger partial charge in [-0.3, -0.25) is 0 Å². The topological polar surface area (TPSA) is 9.23 Å². The summed E-state index contributed by atoms with van der Waals surface area (Å²) in [7, 11) is 0. The Hall–Kier alpha value is -0.0400. The Labute approximate surface area is 57.4 Å². The Morgan fingerprint density at radius 3 is 2.78 bits per heavy atom. The molecule has 1 rings (SSSR count). The molecule has 0 spiro atoms. The van der Waals surface area contributed by atoms with Gasteiger partial charge in [0.25, 0.3) is 0 Å². The molecule has 0 saturated carbocycles. The van der Waals surface area contributed by atoms with Crippen molar-refractivity contribution >= 4 is 0 Å². The number of ether oxygens (including phenoxy) is 1. The minimum Gasteiger partial charge on any atom is -0.381 e. The first kappa shape index (κ1) is 7.07. The average Bonchev–Trinajstić information content (AvgIpc) is 1.93. The molecule has 1 nitrogen and oxygen atoms in total. The standard InChI is InChI=1S/C8H16O/c1-7-3-4-9-6-8(2)5-7/h7-8H,3-6H2,1-2H3. The lowest BCUT2D eigenvalue weighted by atomic mass is 9.97. The van der Waals surface area contributed by atoms with Crippen molar-refractivity contribution in [3.05, 3.63) is 0 Å². The first-order chi connectivity index (χ1) is 4.29. The Morgan fingerprint density at radius 1 is 1.22 bits per heavy atom. The molecule has 1 saturated heterocycles. The van der Waals surface area contributed by atoms with Crippen molar-refractivity contribution in [3.63, 3.8) is 0 Å². The SMILES string of the molecule is CC1CCOCC(C)C1. The van der Waals surface area contributed by atoms with E-state index in [0.29, 0.717) is 0 Å². The molecule has 9 heavy (non-hydrogen) atoms. The highest BCUT2D eigenvalue weighted by molar-refractivity contribution is 4.62. The normalized spacial score (nSPS) is 38.0. The van der Waals surface area contributed by atoms with Crippen LogP contribution in [0.3, 0.4) is 0 Å². The van der Waals surface area contributed by atoms with Crippen LogP contribution < -0.4 is 0 Å². The van der Waals surface area contributed by atoms with E-state index >= 15 is 0 Å². The van der Waals surface area contributed by atoms with Crippen LogP contribution in [0.25, 0.3) is 0 Å². The molecule has 0 amide bonds. The number of rotatable bonds is 0. The summed E-state index contributed by atoms with van der Waals surface area (Å²) >= 11 is 0. The fourth-order valence-electron chi connectivity index (χ4n) is 1.44. The van der Waals surface area contributed by atoms with Gasteiger partial charge in [0.15, 0.2) is 0 Å². The monoisotopic (exact) mass is 128 g/mol. The fraction of sp³-hybridized carbons (Fsp3) is 1.00. The molecule has 2 unspecified atom stereocenters. The summed E-state index contributed by atoms with van der Waals surface area (Å²) in [6.07, 6.45) is 2.60. The molecule has 0 radical (unpaired) electrons. The van der Waals surface area contributed by atoms with Gasteiger partial charge in [-0.15, -0.1) is 0 Å². The molecule has 0 aromatic rings. The minimum absolute atomic E-state index is 0.780. The molecule has 0 aromatic heterocycles. The van der Waals surface area contributed by atoms with Crippen molar-refractivity contribution in [2.75, 3.05) is 13.2 Å². The van der Waals surface area contributed by atoms with Crippen LogP contribution >= 0.6 is 0 Å². The lowest BCUT2D eigenvalue weighted by Gasteiger charge is -2.08. The summed E-state index contributed by atoms with van der Waals surface area (Å²) in [6, 6.07) is 0. The summed E-state index contributed by atoms with van der Waals surface area (Å²) in [6.45, 7) is 6.53. The summed E-state index contributed by atoms with van der Waals surface area (Å²) < 4.78 is 5.38. The van der Waals surface area contributed by atoms with Gasteiger partial charge in [-0.1, -0.05) is 13.8 Å². The van der Waals surface area contributed by atoms with Crippen molar-refractivity contribution < 1.29 is 4.74 Å². The third-order valence-corrected chi connectivity index (χ3v) is 1.96. The molecule has 1 fully saturated rings. The second kappa shape index (κ2) is 3.21. The molecule has 0 N–H and O–H groups in total. The molecular weight excluding hydrogens is 112 g/mol. The summed E-state index contributed by atoms with van der Waals surface area (Å²) in [5.74, 6) is 1.66. The molecule has 2 atom stereocenters. The zero-order valence-corrected chi connectivity index (χ0v) is 6.39. The molecule has 1 heteroatoms. The molecule has 1 aliphatic rings. The lowest BCUT2D eigenvalue weighted by molar-refractivity contribution is 0.120. The van der Waals surface area contributed by atoms with Crippen molar-refractivity contribution in [2.45, 2.75) is 26.7 Å². The van der Waals surface area contributed by atoms with Crippen LogP contribution in [-0.4, -0.2) is 13.2 Å². The van der Waals surface area contributed by atoms with E-state index in [2.05, 4.69) is 13.8 Å². The van der Waals surface area contributed by atoms with Gasteiger partial charge in [-0.2, -0.15) is 0 Å². The van der Waals surface area contributed by atoms with Crippen molar-refractivity contribution in [3.8, 4) is 0 Å². The lowest BCUT2D eigenvalue weighted by Crippen LogP contribution is -2.02. The van der Waals surface area contributed by atoms with Gasteiger partial charge in [-0.25, -0.2) is 0 Å². The summed E-state index contributed by atoms with van der Waals surface area (Å²) in [4.78, 5) is 0. The third kappa shape index (κ3) is 2.35. The van der Waals surface area contributed by atoms with Gasteiger partial charge in [0.2, 0.25) is 0 Å². The molecule has 1 aliphatic heterocycles. The Kier molecular flexibility index (Phi) is 2.52. The first-order valence-electron chi connectivity index (χ1n) is 3.87. The van der Waals surface area contributed by atoms with Crippen molar-refractivity contribution in [1.82, 2.24) is 0 Å².